The quantitative estimate of drug-likeness (QED) is 0.910. The summed E-state index contributed by atoms with van der Waals surface area (Å²) in [6.07, 6.45) is 4.57. The predicted octanol–water partition coefficient (Wildman–Crippen LogP) is 3.36. The molecule has 0 radical (unpaired) electrons. The molecule has 0 spiro atoms. The number of hydrogen-bond donors (Lipinski definition) is 1. The Morgan fingerprint density at radius 2 is 1.96 bits per heavy atom. The average Bonchev–Trinajstić information content (AvgIpc) is 3.33. The number of aromatic nitrogens is 2. The SMILES string of the molecule is Clc1ccccc1N1CCC(NCc2noc(C3CC3)n2)CC1. The number of rotatable bonds is 5. The molecule has 2 aromatic rings. The lowest BCUT2D eigenvalue weighted by molar-refractivity contribution is 0.365. The van der Waals surface area contributed by atoms with Gasteiger partial charge in [0.1, 0.15) is 0 Å². The monoisotopic (exact) mass is 332 g/mol. The summed E-state index contributed by atoms with van der Waals surface area (Å²) in [5.74, 6) is 2.12. The van der Waals surface area contributed by atoms with Gasteiger partial charge < -0.3 is 14.7 Å². The van der Waals surface area contributed by atoms with Crippen molar-refractivity contribution in [1.82, 2.24) is 15.5 Å². The highest BCUT2D eigenvalue weighted by molar-refractivity contribution is 6.33. The van der Waals surface area contributed by atoms with E-state index in [0.717, 1.165) is 48.4 Å². The van der Waals surface area contributed by atoms with Crippen molar-refractivity contribution in [2.45, 2.75) is 44.2 Å². The molecule has 2 fully saturated rings. The molecule has 4 rings (SSSR count). The summed E-state index contributed by atoms with van der Waals surface area (Å²) >= 11 is 6.28. The molecule has 6 heteroatoms. The number of nitrogens with zero attached hydrogens (tertiary/aromatic N) is 3. The number of anilines is 1. The Morgan fingerprint density at radius 1 is 1.17 bits per heavy atom. The van der Waals surface area contributed by atoms with Crippen LogP contribution in [0.3, 0.4) is 0 Å². The first kappa shape index (κ1) is 15.0. The summed E-state index contributed by atoms with van der Waals surface area (Å²) in [6, 6.07) is 8.56. The van der Waals surface area contributed by atoms with Gasteiger partial charge in [0.15, 0.2) is 5.82 Å². The Bertz CT molecular complexity index is 662. The van der Waals surface area contributed by atoms with Gasteiger partial charge >= 0.3 is 0 Å². The van der Waals surface area contributed by atoms with Gasteiger partial charge in [0.2, 0.25) is 5.89 Å². The van der Waals surface area contributed by atoms with Gasteiger partial charge in [-0.1, -0.05) is 28.9 Å². The van der Waals surface area contributed by atoms with Crippen molar-refractivity contribution >= 4 is 17.3 Å². The third kappa shape index (κ3) is 3.51. The molecule has 1 aromatic carbocycles. The van der Waals surface area contributed by atoms with Crippen molar-refractivity contribution in [2.75, 3.05) is 18.0 Å². The van der Waals surface area contributed by atoms with Crippen LogP contribution < -0.4 is 10.2 Å². The molecule has 1 saturated heterocycles. The summed E-state index contributed by atoms with van der Waals surface area (Å²) in [7, 11) is 0. The first-order valence-electron chi connectivity index (χ1n) is 8.35. The fraction of sp³-hybridized carbons (Fsp3) is 0.529. The van der Waals surface area contributed by atoms with Crippen LogP contribution in [0.1, 0.15) is 43.3 Å². The zero-order chi connectivity index (χ0) is 15.6. The molecule has 2 heterocycles. The minimum atomic E-state index is 0.497. The van der Waals surface area contributed by atoms with Crippen LogP contribution in [-0.2, 0) is 6.54 Å². The fourth-order valence-electron chi connectivity index (χ4n) is 3.10. The molecule has 1 N–H and O–H groups in total. The molecule has 0 atom stereocenters. The third-order valence-corrected chi connectivity index (χ3v) is 4.97. The number of benzene rings is 1. The molecular formula is C17H21ClN4O. The van der Waals surface area contributed by atoms with Crippen LogP contribution in [0, 0.1) is 0 Å². The van der Waals surface area contributed by atoms with Crippen molar-refractivity contribution < 1.29 is 4.52 Å². The van der Waals surface area contributed by atoms with E-state index in [4.69, 9.17) is 16.1 Å². The Kier molecular flexibility index (Phi) is 4.23. The van der Waals surface area contributed by atoms with Crippen molar-refractivity contribution in [3.8, 4) is 0 Å². The normalized spacial score (nSPS) is 19.3. The van der Waals surface area contributed by atoms with E-state index in [0.29, 0.717) is 18.5 Å². The topological polar surface area (TPSA) is 54.2 Å². The summed E-state index contributed by atoms with van der Waals surface area (Å²) in [4.78, 5) is 6.82. The number of hydrogen-bond acceptors (Lipinski definition) is 5. The maximum atomic E-state index is 6.28. The Labute approximate surface area is 141 Å². The first-order chi connectivity index (χ1) is 11.3. The summed E-state index contributed by atoms with van der Waals surface area (Å²) in [5.41, 5.74) is 1.14. The van der Waals surface area contributed by atoms with Gasteiger partial charge in [0.05, 0.1) is 17.3 Å². The van der Waals surface area contributed by atoms with E-state index in [1.54, 1.807) is 0 Å². The summed E-state index contributed by atoms with van der Waals surface area (Å²) < 4.78 is 5.29. The molecule has 1 aliphatic heterocycles. The Balaban J connectivity index is 1.27. The maximum absolute atomic E-state index is 6.28. The van der Waals surface area contributed by atoms with E-state index >= 15 is 0 Å². The van der Waals surface area contributed by atoms with Gasteiger partial charge in [0, 0.05) is 25.0 Å². The van der Waals surface area contributed by atoms with Crippen LogP contribution in [0.25, 0.3) is 0 Å². The van der Waals surface area contributed by atoms with Crippen molar-refractivity contribution in [3.05, 3.63) is 41.0 Å². The maximum Gasteiger partial charge on any atom is 0.229 e. The minimum absolute atomic E-state index is 0.497. The number of halogens is 1. The van der Waals surface area contributed by atoms with Crippen LogP contribution in [-0.4, -0.2) is 29.3 Å². The molecule has 0 unspecified atom stereocenters. The van der Waals surface area contributed by atoms with Gasteiger partial charge in [0.25, 0.3) is 0 Å². The van der Waals surface area contributed by atoms with E-state index in [9.17, 15) is 0 Å². The van der Waals surface area contributed by atoms with Crippen LogP contribution >= 0.6 is 11.6 Å². The molecule has 1 aromatic heterocycles. The van der Waals surface area contributed by atoms with Gasteiger partial charge in [-0.05, 0) is 37.8 Å². The second-order valence-electron chi connectivity index (χ2n) is 6.42. The van der Waals surface area contributed by atoms with Gasteiger partial charge in [-0.2, -0.15) is 4.98 Å². The van der Waals surface area contributed by atoms with Crippen LogP contribution in [0.4, 0.5) is 5.69 Å². The van der Waals surface area contributed by atoms with E-state index in [1.807, 2.05) is 18.2 Å². The first-order valence-corrected chi connectivity index (χ1v) is 8.73. The highest BCUT2D eigenvalue weighted by atomic mass is 35.5. The molecular weight excluding hydrogens is 312 g/mol. The molecule has 0 amide bonds. The molecule has 2 aliphatic rings. The van der Waals surface area contributed by atoms with E-state index < -0.39 is 0 Å². The largest absolute Gasteiger partial charge is 0.370 e. The van der Waals surface area contributed by atoms with E-state index in [2.05, 4.69) is 26.4 Å². The molecule has 1 saturated carbocycles. The fourth-order valence-corrected chi connectivity index (χ4v) is 3.36. The Hall–Kier alpha value is -1.59. The zero-order valence-corrected chi connectivity index (χ0v) is 13.8. The average molecular weight is 333 g/mol. The number of piperidine rings is 1. The van der Waals surface area contributed by atoms with Gasteiger partial charge in [-0.3, -0.25) is 0 Å². The Morgan fingerprint density at radius 3 is 2.70 bits per heavy atom. The summed E-state index contributed by atoms with van der Waals surface area (Å²) in [5, 5.41) is 8.44. The lowest BCUT2D eigenvalue weighted by Crippen LogP contribution is -2.42. The van der Waals surface area contributed by atoms with Crippen LogP contribution in [0.15, 0.2) is 28.8 Å². The highest BCUT2D eigenvalue weighted by Crippen LogP contribution is 2.38. The molecule has 1 aliphatic carbocycles. The van der Waals surface area contributed by atoms with Crippen molar-refractivity contribution in [2.24, 2.45) is 0 Å². The van der Waals surface area contributed by atoms with Crippen LogP contribution in [0.5, 0.6) is 0 Å². The highest BCUT2D eigenvalue weighted by Gasteiger charge is 2.29. The van der Waals surface area contributed by atoms with Gasteiger partial charge in [-0.25, -0.2) is 0 Å². The van der Waals surface area contributed by atoms with Gasteiger partial charge in [-0.15, -0.1) is 0 Å². The van der Waals surface area contributed by atoms with E-state index in [1.165, 1.54) is 12.8 Å². The zero-order valence-electron chi connectivity index (χ0n) is 13.0. The van der Waals surface area contributed by atoms with Crippen molar-refractivity contribution in [1.29, 1.82) is 0 Å². The molecule has 23 heavy (non-hydrogen) atoms. The standard InChI is InChI=1S/C17H21ClN4O/c18-14-3-1-2-4-15(14)22-9-7-13(8-10-22)19-11-16-20-17(23-21-16)12-5-6-12/h1-4,12-13,19H,5-11H2. The number of para-hydroxylation sites is 1. The lowest BCUT2D eigenvalue weighted by atomic mass is 10.0. The second kappa shape index (κ2) is 6.49. The van der Waals surface area contributed by atoms with Crippen LogP contribution in [0.2, 0.25) is 5.02 Å². The molecule has 122 valence electrons. The smallest absolute Gasteiger partial charge is 0.229 e. The predicted molar refractivity (Wildman–Crippen MR) is 89.8 cm³/mol. The second-order valence-corrected chi connectivity index (χ2v) is 6.82. The lowest BCUT2D eigenvalue weighted by Gasteiger charge is -2.34. The molecule has 0 bridgehead atoms. The molecule has 5 nitrogen and oxygen atoms in total. The third-order valence-electron chi connectivity index (χ3n) is 4.65. The number of nitrogens with one attached hydrogen (secondary N) is 1. The minimum Gasteiger partial charge on any atom is -0.370 e. The summed E-state index contributed by atoms with van der Waals surface area (Å²) in [6.45, 7) is 2.72. The van der Waals surface area contributed by atoms with Crippen molar-refractivity contribution in [3.63, 3.8) is 0 Å². The van der Waals surface area contributed by atoms with E-state index in [-0.39, 0.29) is 0 Å².